The lowest BCUT2D eigenvalue weighted by molar-refractivity contribution is 0.0342. The van der Waals surface area contributed by atoms with Crippen LogP contribution in [0.3, 0.4) is 0 Å². The summed E-state index contributed by atoms with van der Waals surface area (Å²) in [4.78, 5) is 14.9. The van der Waals surface area contributed by atoms with E-state index < -0.39 is 0 Å². The van der Waals surface area contributed by atoms with E-state index in [4.69, 9.17) is 4.74 Å². The van der Waals surface area contributed by atoms with E-state index in [1.54, 1.807) is 6.07 Å². The van der Waals surface area contributed by atoms with Gasteiger partial charge >= 0.3 is 0 Å². The van der Waals surface area contributed by atoms with E-state index >= 15 is 0 Å². The molecule has 1 aliphatic rings. The van der Waals surface area contributed by atoms with Crippen LogP contribution in [-0.4, -0.2) is 57.1 Å². The van der Waals surface area contributed by atoms with Gasteiger partial charge in [-0.25, -0.2) is 0 Å². The van der Waals surface area contributed by atoms with E-state index in [9.17, 15) is 4.79 Å². The van der Waals surface area contributed by atoms with E-state index in [0.29, 0.717) is 12.2 Å². The zero-order chi connectivity index (χ0) is 21.1. The molecule has 0 unspecified atom stereocenters. The number of aromatic nitrogens is 4. The number of carbonyl (C=O) groups excluding carboxylic acids is 1. The zero-order valence-electron chi connectivity index (χ0n) is 17.7. The number of aryl methyl sites for hydroxylation is 2. The Hall–Kier alpha value is -2.97. The third-order valence-corrected chi connectivity index (χ3v) is 5.57. The normalized spacial score (nSPS) is 14.8. The molecule has 1 amide bonds. The van der Waals surface area contributed by atoms with E-state index in [1.165, 1.54) is 5.56 Å². The highest BCUT2D eigenvalue weighted by molar-refractivity contribution is 5.93. The van der Waals surface area contributed by atoms with Crippen molar-refractivity contribution in [2.75, 3.05) is 26.3 Å². The van der Waals surface area contributed by atoms with Crippen molar-refractivity contribution in [3.63, 3.8) is 0 Å². The van der Waals surface area contributed by atoms with Gasteiger partial charge in [0.05, 0.1) is 24.6 Å². The highest BCUT2D eigenvalue weighted by Crippen LogP contribution is 2.25. The number of H-pyrrole nitrogens is 1. The van der Waals surface area contributed by atoms with Gasteiger partial charge in [-0.15, -0.1) is 0 Å². The van der Waals surface area contributed by atoms with Crippen molar-refractivity contribution in [3.05, 3.63) is 58.5 Å². The van der Waals surface area contributed by atoms with Gasteiger partial charge in [0.15, 0.2) is 0 Å². The highest BCUT2D eigenvalue weighted by Gasteiger charge is 2.17. The summed E-state index contributed by atoms with van der Waals surface area (Å²) in [5, 5.41) is 14.5. The summed E-state index contributed by atoms with van der Waals surface area (Å²) in [5.41, 5.74) is 6.38. The summed E-state index contributed by atoms with van der Waals surface area (Å²) in [7, 11) is 1.90. The van der Waals surface area contributed by atoms with Gasteiger partial charge in [-0.1, -0.05) is 24.3 Å². The number of morpholine rings is 1. The smallest absolute Gasteiger partial charge is 0.269 e. The molecular weight excluding hydrogens is 380 g/mol. The molecule has 2 N–H and O–H groups in total. The molecule has 1 fully saturated rings. The maximum Gasteiger partial charge on any atom is 0.269 e. The van der Waals surface area contributed by atoms with Crippen molar-refractivity contribution in [1.82, 2.24) is 30.2 Å². The van der Waals surface area contributed by atoms with Crippen LogP contribution in [0, 0.1) is 13.8 Å². The Labute approximate surface area is 176 Å². The summed E-state index contributed by atoms with van der Waals surface area (Å²) < 4.78 is 7.21. The second kappa shape index (κ2) is 8.81. The molecule has 0 atom stereocenters. The topological polar surface area (TPSA) is 88.1 Å². The molecule has 0 spiro atoms. The molecule has 1 aliphatic heterocycles. The first-order valence-electron chi connectivity index (χ1n) is 10.2. The number of hydrogen-bond acceptors (Lipinski definition) is 5. The average molecular weight is 409 g/mol. The van der Waals surface area contributed by atoms with Gasteiger partial charge in [-0.2, -0.15) is 10.2 Å². The fourth-order valence-electron chi connectivity index (χ4n) is 3.77. The van der Waals surface area contributed by atoms with Gasteiger partial charge in [0.2, 0.25) is 0 Å². The zero-order valence-corrected chi connectivity index (χ0v) is 17.7. The molecule has 0 bridgehead atoms. The SMILES string of the molecule is Cc1nn(C)c(C)c1-c1cc(C(=O)NCc2ccc(CN3CCOCC3)cc2)[nH]n1. The van der Waals surface area contributed by atoms with Gasteiger partial charge in [0, 0.05) is 44.5 Å². The maximum atomic E-state index is 12.5. The van der Waals surface area contributed by atoms with Crippen LogP contribution in [0.5, 0.6) is 0 Å². The van der Waals surface area contributed by atoms with Gasteiger partial charge in [0.1, 0.15) is 5.69 Å². The van der Waals surface area contributed by atoms with Crippen molar-refractivity contribution in [3.8, 4) is 11.3 Å². The molecule has 1 saturated heterocycles. The first kappa shape index (κ1) is 20.3. The summed E-state index contributed by atoms with van der Waals surface area (Å²) >= 11 is 0. The first-order chi connectivity index (χ1) is 14.5. The summed E-state index contributed by atoms with van der Waals surface area (Å²) in [6, 6.07) is 10.2. The maximum absolute atomic E-state index is 12.5. The number of nitrogens with one attached hydrogen (secondary N) is 2. The molecule has 4 rings (SSSR count). The molecule has 0 aliphatic carbocycles. The van der Waals surface area contributed by atoms with Crippen LogP contribution < -0.4 is 5.32 Å². The Morgan fingerprint density at radius 3 is 2.53 bits per heavy atom. The number of aromatic amines is 1. The lowest BCUT2D eigenvalue weighted by atomic mass is 10.1. The first-order valence-corrected chi connectivity index (χ1v) is 10.2. The number of rotatable bonds is 6. The summed E-state index contributed by atoms with van der Waals surface area (Å²) in [5.74, 6) is -0.176. The predicted octanol–water partition coefficient (Wildman–Crippen LogP) is 2.19. The third-order valence-electron chi connectivity index (χ3n) is 5.57. The molecule has 8 nitrogen and oxygen atoms in total. The van der Waals surface area contributed by atoms with Crippen molar-refractivity contribution < 1.29 is 9.53 Å². The Kier molecular flexibility index (Phi) is 5.96. The lowest BCUT2D eigenvalue weighted by Gasteiger charge is -2.26. The Balaban J connectivity index is 1.34. The number of amides is 1. The fourth-order valence-corrected chi connectivity index (χ4v) is 3.77. The third kappa shape index (κ3) is 4.44. The van der Waals surface area contributed by atoms with Crippen LogP contribution in [-0.2, 0) is 24.9 Å². The number of hydrogen-bond donors (Lipinski definition) is 2. The molecule has 3 aromatic rings. The summed E-state index contributed by atoms with van der Waals surface area (Å²) in [6.07, 6.45) is 0. The van der Waals surface area contributed by atoms with Crippen LogP contribution in [0.15, 0.2) is 30.3 Å². The molecular formula is C22H28N6O2. The molecule has 0 saturated carbocycles. The highest BCUT2D eigenvalue weighted by atomic mass is 16.5. The Bertz CT molecular complexity index is 1010. The number of ether oxygens (including phenoxy) is 1. The van der Waals surface area contributed by atoms with Crippen LogP contribution in [0.2, 0.25) is 0 Å². The van der Waals surface area contributed by atoms with E-state index in [2.05, 4.69) is 49.8 Å². The second-order valence-electron chi connectivity index (χ2n) is 7.72. The monoisotopic (exact) mass is 408 g/mol. The molecule has 3 heterocycles. The van der Waals surface area contributed by atoms with Crippen molar-refractivity contribution in [2.45, 2.75) is 26.9 Å². The van der Waals surface area contributed by atoms with Gasteiger partial charge in [0.25, 0.3) is 5.91 Å². The van der Waals surface area contributed by atoms with Gasteiger partial charge in [-0.3, -0.25) is 19.5 Å². The largest absolute Gasteiger partial charge is 0.379 e. The minimum Gasteiger partial charge on any atom is -0.379 e. The quantitative estimate of drug-likeness (QED) is 0.653. The lowest BCUT2D eigenvalue weighted by Crippen LogP contribution is -2.35. The minimum atomic E-state index is -0.176. The van der Waals surface area contributed by atoms with Crippen molar-refractivity contribution in [1.29, 1.82) is 0 Å². The standard InChI is InChI=1S/C22H28N6O2/c1-15-21(16(2)27(3)26-15)19-12-20(25-24-19)22(29)23-13-17-4-6-18(7-5-17)14-28-8-10-30-11-9-28/h4-7,12H,8-11,13-14H2,1-3H3,(H,23,29)(H,24,25). The second-order valence-corrected chi connectivity index (χ2v) is 7.72. The van der Waals surface area contributed by atoms with Crippen LogP contribution >= 0.6 is 0 Å². The molecule has 0 radical (unpaired) electrons. The molecule has 30 heavy (non-hydrogen) atoms. The average Bonchev–Trinajstić information content (AvgIpc) is 3.32. The minimum absolute atomic E-state index is 0.176. The number of nitrogens with zero attached hydrogens (tertiary/aromatic N) is 4. The van der Waals surface area contributed by atoms with E-state index in [-0.39, 0.29) is 5.91 Å². The number of carbonyl (C=O) groups is 1. The van der Waals surface area contributed by atoms with E-state index in [0.717, 1.165) is 61.1 Å². The predicted molar refractivity (Wildman–Crippen MR) is 114 cm³/mol. The summed E-state index contributed by atoms with van der Waals surface area (Å²) in [6.45, 7) is 8.89. The van der Waals surface area contributed by atoms with Crippen LogP contribution in [0.4, 0.5) is 0 Å². The fraction of sp³-hybridized carbons (Fsp3) is 0.409. The molecule has 8 heteroatoms. The Morgan fingerprint density at radius 2 is 1.87 bits per heavy atom. The van der Waals surface area contributed by atoms with Crippen molar-refractivity contribution in [2.24, 2.45) is 7.05 Å². The van der Waals surface area contributed by atoms with Gasteiger partial charge in [-0.05, 0) is 31.0 Å². The molecule has 2 aromatic heterocycles. The van der Waals surface area contributed by atoms with E-state index in [1.807, 2.05) is 25.6 Å². The Morgan fingerprint density at radius 1 is 1.17 bits per heavy atom. The van der Waals surface area contributed by atoms with Crippen molar-refractivity contribution >= 4 is 5.91 Å². The van der Waals surface area contributed by atoms with Crippen LogP contribution in [0.25, 0.3) is 11.3 Å². The number of benzene rings is 1. The molecule has 158 valence electrons. The van der Waals surface area contributed by atoms with Crippen LogP contribution in [0.1, 0.15) is 33.0 Å². The molecule has 1 aromatic carbocycles. The van der Waals surface area contributed by atoms with Gasteiger partial charge < -0.3 is 10.1 Å².